The Kier molecular flexibility index (Phi) is 4.47. The molecule has 0 spiro atoms. The molecule has 1 atom stereocenters. The second kappa shape index (κ2) is 5.86. The molecule has 2 N–H and O–H groups in total. The highest BCUT2D eigenvalue weighted by Gasteiger charge is 2.28. The molecule has 0 amide bonds. The van der Waals surface area contributed by atoms with Gasteiger partial charge in [0.15, 0.2) is 0 Å². The van der Waals surface area contributed by atoms with Gasteiger partial charge in [0, 0.05) is 13.0 Å². The zero-order valence-corrected chi connectivity index (χ0v) is 10.6. The van der Waals surface area contributed by atoms with Crippen molar-refractivity contribution in [2.75, 3.05) is 5.32 Å². The molecule has 1 aromatic rings. The van der Waals surface area contributed by atoms with Crippen LogP contribution >= 0.6 is 0 Å². The maximum Gasteiger partial charge on any atom is 0.333 e. The van der Waals surface area contributed by atoms with Crippen LogP contribution in [0.15, 0.2) is 0 Å². The number of nitrogens with zero attached hydrogens (tertiary/aromatic N) is 3. The van der Waals surface area contributed by atoms with Gasteiger partial charge >= 0.3 is 11.7 Å². The zero-order valence-electron chi connectivity index (χ0n) is 10.6. The van der Waals surface area contributed by atoms with Crippen LogP contribution in [0.1, 0.15) is 19.0 Å². The number of carbonyl (C=O) groups is 1. The average molecular weight is 266 g/mol. The lowest BCUT2D eigenvalue weighted by atomic mass is 10.2. The Balaban J connectivity index is 3.21. The topological polar surface area (TPSA) is 110 Å². The van der Waals surface area contributed by atoms with E-state index < -0.39 is 16.9 Å². The van der Waals surface area contributed by atoms with E-state index in [1.807, 2.05) is 0 Å². The number of aliphatic carboxylic acids is 1. The summed E-state index contributed by atoms with van der Waals surface area (Å²) < 4.78 is 1.35. The third kappa shape index (κ3) is 3.01. The maximum atomic E-state index is 11.0. The van der Waals surface area contributed by atoms with Gasteiger partial charge in [0.05, 0.1) is 4.92 Å². The van der Waals surface area contributed by atoms with E-state index in [1.54, 1.807) is 6.92 Å². The number of carboxylic acid groups (broad SMARTS) is 1. The highest BCUT2D eigenvalue weighted by Crippen LogP contribution is 2.28. The molecular formula is C11H14N4O4. The van der Waals surface area contributed by atoms with Crippen LogP contribution < -0.4 is 5.32 Å². The molecule has 1 unspecified atom stereocenters. The molecule has 19 heavy (non-hydrogen) atoms. The van der Waals surface area contributed by atoms with Crippen LogP contribution in [0, 0.1) is 29.4 Å². The van der Waals surface area contributed by atoms with E-state index in [0.29, 0.717) is 6.54 Å². The molecule has 8 nitrogen and oxygen atoms in total. The largest absolute Gasteiger partial charge is 0.480 e. The summed E-state index contributed by atoms with van der Waals surface area (Å²) in [7, 11) is 0. The highest BCUT2D eigenvalue weighted by molar-refractivity contribution is 5.78. The molecule has 1 rings (SSSR count). The van der Waals surface area contributed by atoms with E-state index in [9.17, 15) is 14.9 Å². The summed E-state index contributed by atoms with van der Waals surface area (Å²) in [5.74, 6) is 1.11. The standard InChI is InChI=1S/C11H14N4O4/c1-4-6-8(11(16)17)12-10-9(15(18)19)7(3)13-14(10)5-2/h1,8,12H,5-6H2,2-3H3,(H,16,17). The molecule has 0 saturated heterocycles. The van der Waals surface area contributed by atoms with Gasteiger partial charge in [0.2, 0.25) is 5.82 Å². The van der Waals surface area contributed by atoms with Crippen LogP contribution in [0.2, 0.25) is 0 Å². The van der Waals surface area contributed by atoms with Crippen molar-refractivity contribution < 1.29 is 14.8 Å². The van der Waals surface area contributed by atoms with Gasteiger partial charge in [0.1, 0.15) is 11.7 Å². The van der Waals surface area contributed by atoms with Gasteiger partial charge < -0.3 is 10.4 Å². The smallest absolute Gasteiger partial charge is 0.333 e. The Labute approximate surface area is 109 Å². The number of carboxylic acids is 1. The van der Waals surface area contributed by atoms with E-state index >= 15 is 0 Å². The minimum absolute atomic E-state index is 0.0626. The van der Waals surface area contributed by atoms with Crippen LogP contribution in [0.3, 0.4) is 0 Å². The molecule has 0 fully saturated rings. The first-order valence-electron chi connectivity index (χ1n) is 5.56. The number of aromatic nitrogens is 2. The van der Waals surface area contributed by atoms with Crippen LogP contribution in [0.5, 0.6) is 0 Å². The quantitative estimate of drug-likeness (QED) is 0.451. The molecule has 1 aromatic heterocycles. The molecular weight excluding hydrogens is 252 g/mol. The zero-order chi connectivity index (χ0) is 14.6. The first kappa shape index (κ1) is 14.5. The third-order valence-corrected chi connectivity index (χ3v) is 2.51. The first-order valence-corrected chi connectivity index (χ1v) is 5.56. The summed E-state index contributed by atoms with van der Waals surface area (Å²) in [6, 6.07) is -1.09. The molecule has 8 heteroatoms. The van der Waals surface area contributed by atoms with E-state index in [2.05, 4.69) is 16.3 Å². The minimum Gasteiger partial charge on any atom is -0.480 e. The number of terminal acetylenes is 1. The van der Waals surface area contributed by atoms with Crippen molar-refractivity contribution in [2.24, 2.45) is 0 Å². The molecule has 0 bridgehead atoms. The Bertz CT molecular complexity index is 544. The van der Waals surface area contributed by atoms with Gasteiger partial charge in [0.25, 0.3) is 0 Å². The monoisotopic (exact) mass is 266 g/mol. The lowest BCUT2D eigenvalue weighted by Crippen LogP contribution is -2.30. The molecule has 0 aliphatic rings. The Hall–Kier alpha value is -2.56. The summed E-state index contributed by atoms with van der Waals surface area (Å²) in [6.45, 7) is 3.62. The Morgan fingerprint density at radius 3 is 2.79 bits per heavy atom. The number of aryl methyl sites for hydroxylation is 2. The van der Waals surface area contributed by atoms with Crippen molar-refractivity contribution in [3.8, 4) is 12.3 Å². The lowest BCUT2D eigenvalue weighted by molar-refractivity contribution is -0.384. The van der Waals surface area contributed by atoms with E-state index in [-0.39, 0.29) is 23.6 Å². The molecule has 0 aliphatic carbocycles. The van der Waals surface area contributed by atoms with E-state index in [4.69, 9.17) is 11.5 Å². The van der Waals surface area contributed by atoms with Gasteiger partial charge in [-0.25, -0.2) is 9.48 Å². The second-order valence-corrected chi connectivity index (χ2v) is 3.80. The van der Waals surface area contributed by atoms with Gasteiger partial charge in [-0.1, -0.05) is 0 Å². The van der Waals surface area contributed by atoms with Gasteiger partial charge in [-0.3, -0.25) is 10.1 Å². The SMILES string of the molecule is C#CCC(Nc1c([N+](=O)[O-])c(C)nn1CC)C(=O)O. The highest BCUT2D eigenvalue weighted by atomic mass is 16.6. The summed E-state index contributed by atoms with van der Waals surface area (Å²) in [5.41, 5.74) is -0.00989. The van der Waals surface area contributed by atoms with Crippen molar-refractivity contribution in [3.63, 3.8) is 0 Å². The predicted molar refractivity (Wildman–Crippen MR) is 67.8 cm³/mol. The van der Waals surface area contributed by atoms with Crippen LogP contribution in [0.25, 0.3) is 0 Å². The number of nitrogens with one attached hydrogen (secondary N) is 1. The molecule has 102 valence electrons. The number of hydrogen-bond acceptors (Lipinski definition) is 5. The van der Waals surface area contributed by atoms with E-state index in [0.717, 1.165) is 0 Å². The minimum atomic E-state index is -1.17. The summed E-state index contributed by atoms with van der Waals surface area (Å²) in [5, 5.41) is 26.6. The van der Waals surface area contributed by atoms with E-state index in [1.165, 1.54) is 11.6 Å². The van der Waals surface area contributed by atoms with Gasteiger partial charge in [-0.05, 0) is 13.8 Å². The fraction of sp³-hybridized carbons (Fsp3) is 0.455. The fourth-order valence-electron chi connectivity index (χ4n) is 1.65. The van der Waals surface area contributed by atoms with Crippen LogP contribution in [-0.4, -0.2) is 31.8 Å². The predicted octanol–water partition coefficient (Wildman–Crippen LogP) is 1.01. The summed E-state index contributed by atoms with van der Waals surface area (Å²) in [4.78, 5) is 21.4. The van der Waals surface area contributed by atoms with Gasteiger partial charge in [-0.2, -0.15) is 5.10 Å². The second-order valence-electron chi connectivity index (χ2n) is 3.80. The first-order chi connectivity index (χ1) is 8.92. The van der Waals surface area contributed by atoms with Crippen molar-refractivity contribution in [1.82, 2.24) is 9.78 Å². The number of rotatable bonds is 6. The maximum absolute atomic E-state index is 11.0. The molecule has 1 heterocycles. The number of hydrogen-bond donors (Lipinski definition) is 2. The Morgan fingerprint density at radius 2 is 2.37 bits per heavy atom. The molecule has 0 aromatic carbocycles. The van der Waals surface area contributed by atoms with Crippen LogP contribution in [0.4, 0.5) is 11.5 Å². The third-order valence-electron chi connectivity index (χ3n) is 2.51. The molecule has 0 aliphatic heterocycles. The summed E-state index contributed by atoms with van der Waals surface area (Å²) >= 11 is 0. The van der Waals surface area contributed by atoms with Crippen molar-refractivity contribution in [1.29, 1.82) is 0 Å². The van der Waals surface area contributed by atoms with Gasteiger partial charge in [-0.15, -0.1) is 12.3 Å². The Morgan fingerprint density at radius 1 is 1.74 bits per heavy atom. The average Bonchev–Trinajstić information content (AvgIpc) is 2.64. The molecule has 0 saturated carbocycles. The summed E-state index contributed by atoms with van der Waals surface area (Å²) in [6.07, 6.45) is 5.00. The lowest BCUT2D eigenvalue weighted by Gasteiger charge is -2.13. The number of nitro groups is 1. The fourth-order valence-corrected chi connectivity index (χ4v) is 1.65. The molecule has 0 radical (unpaired) electrons. The van der Waals surface area contributed by atoms with Crippen molar-refractivity contribution >= 4 is 17.5 Å². The van der Waals surface area contributed by atoms with Crippen LogP contribution in [-0.2, 0) is 11.3 Å². The number of anilines is 1. The van der Waals surface area contributed by atoms with Crippen molar-refractivity contribution in [3.05, 3.63) is 15.8 Å². The van der Waals surface area contributed by atoms with Crippen molar-refractivity contribution in [2.45, 2.75) is 32.9 Å². The normalized spacial score (nSPS) is 11.6.